The van der Waals surface area contributed by atoms with Crippen molar-refractivity contribution in [2.24, 2.45) is 0 Å². The average molecular weight is 274 g/mol. The molecule has 1 heterocycles. The Morgan fingerprint density at radius 3 is 2.65 bits per heavy atom. The standard InChI is InChI=1S/C15H14O5/c1-4-8(2)14(16)11-6-10-7-13(20-15(17)18)19-12(10)5-9(11)3/h5-7H,2,4H2,1,3H3,(H,17,18). The molecule has 1 aromatic carbocycles. The lowest BCUT2D eigenvalue weighted by Gasteiger charge is -2.05. The van der Waals surface area contributed by atoms with Gasteiger partial charge in [-0.2, -0.15) is 0 Å². The van der Waals surface area contributed by atoms with Crippen LogP contribution in [0.2, 0.25) is 0 Å². The third-order valence-corrected chi connectivity index (χ3v) is 3.02. The van der Waals surface area contributed by atoms with Crippen LogP contribution in [0.3, 0.4) is 0 Å². The zero-order chi connectivity index (χ0) is 14.9. The van der Waals surface area contributed by atoms with Crippen molar-refractivity contribution in [3.8, 4) is 5.95 Å². The fraction of sp³-hybridized carbons (Fsp3) is 0.200. The normalized spacial score (nSPS) is 10.5. The fourth-order valence-electron chi connectivity index (χ4n) is 1.90. The molecule has 0 saturated heterocycles. The van der Waals surface area contributed by atoms with Crippen LogP contribution in [0.5, 0.6) is 5.95 Å². The Kier molecular flexibility index (Phi) is 3.61. The molecule has 0 aliphatic heterocycles. The van der Waals surface area contributed by atoms with E-state index >= 15 is 0 Å². The highest BCUT2D eigenvalue weighted by molar-refractivity contribution is 6.10. The molecule has 20 heavy (non-hydrogen) atoms. The molecule has 104 valence electrons. The molecule has 0 saturated carbocycles. The molecule has 0 radical (unpaired) electrons. The van der Waals surface area contributed by atoms with Crippen LogP contribution in [0.4, 0.5) is 4.79 Å². The summed E-state index contributed by atoms with van der Waals surface area (Å²) in [5, 5.41) is 9.16. The van der Waals surface area contributed by atoms with Gasteiger partial charge in [0.2, 0.25) is 0 Å². The van der Waals surface area contributed by atoms with Gasteiger partial charge < -0.3 is 14.3 Å². The molecule has 1 N–H and O–H groups in total. The number of hydrogen-bond acceptors (Lipinski definition) is 4. The Morgan fingerprint density at radius 1 is 1.35 bits per heavy atom. The molecule has 0 spiro atoms. The van der Waals surface area contributed by atoms with Gasteiger partial charge in [-0.25, -0.2) is 4.79 Å². The minimum Gasteiger partial charge on any atom is -0.449 e. The van der Waals surface area contributed by atoms with Crippen LogP contribution < -0.4 is 4.74 Å². The number of carbonyl (C=O) groups excluding carboxylic acids is 1. The van der Waals surface area contributed by atoms with Crippen LogP contribution in [-0.4, -0.2) is 17.0 Å². The first kappa shape index (κ1) is 13.9. The lowest BCUT2D eigenvalue weighted by atomic mass is 9.97. The van der Waals surface area contributed by atoms with Gasteiger partial charge in [-0.15, -0.1) is 0 Å². The lowest BCUT2D eigenvalue weighted by molar-refractivity contribution is 0.103. The van der Waals surface area contributed by atoms with Gasteiger partial charge in [0.1, 0.15) is 5.58 Å². The topological polar surface area (TPSA) is 76.7 Å². The van der Waals surface area contributed by atoms with Crippen LogP contribution in [0.25, 0.3) is 11.0 Å². The first-order valence-corrected chi connectivity index (χ1v) is 6.09. The second kappa shape index (κ2) is 5.21. The minimum atomic E-state index is -1.45. The molecule has 2 aromatic rings. The number of aryl methyl sites for hydroxylation is 1. The molecule has 0 aliphatic rings. The molecule has 0 aliphatic carbocycles. The van der Waals surface area contributed by atoms with Crippen molar-refractivity contribution < 1.29 is 23.8 Å². The summed E-state index contributed by atoms with van der Waals surface area (Å²) >= 11 is 0. The van der Waals surface area contributed by atoms with E-state index in [2.05, 4.69) is 11.3 Å². The van der Waals surface area contributed by atoms with Crippen molar-refractivity contribution in [3.63, 3.8) is 0 Å². The highest BCUT2D eigenvalue weighted by Gasteiger charge is 2.15. The number of hydrogen-bond donors (Lipinski definition) is 1. The summed E-state index contributed by atoms with van der Waals surface area (Å²) in [6.45, 7) is 7.39. The number of furan rings is 1. The van der Waals surface area contributed by atoms with Crippen molar-refractivity contribution in [2.45, 2.75) is 20.3 Å². The quantitative estimate of drug-likeness (QED) is 0.519. The number of ketones is 1. The highest BCUT2D eigenvalue weighted by Crippen LogP contribution is 2.28. The predicted octanol–water partition coefficient (Wildman–Crippen LogP) is 3.95. The number of benzene rings is 1. The molecular formula is C15H14O5. The first-order chi connectivity index (χ1) is 9.42. The Labute approximate surface area is 115 Å². The molecule has 2 rings (SSSR count). The van der Waals surface area contributed by atoms with Gasteiger partial charge in [-0.05, 0) is 36.6 Å². The number of fused-ring (bicyclic) bond motifs is 1. The number of ether oxygens (including phenoxy) is 1. The molecule has 0 amide bonds. The van der Waals surface area contributed by atoms with E-state index in [1.807, 2.05) is 6.92 Å². The number of carbonyl (C=O) groups is 2. The van der Waals surface area contributed by atoms with Crippen LogP contribution in [0, 0.1) is 6.92 Å². The number of carboxylic acid groups (broad SMARTS) is 1. The molecule has 0 atom stereocenters. The number of allylic oxidation sites excluding steroid dienone is 1. The lowest BCUT2D eigenvalue weighted by Crippen LogP contribution is -2.03. The maximum Gasteiger partial charge on any atom is 0.513 e. The van der Waals surface area contributed by atoms with Gasteiger partial charge in [0.05, 0.1) is 0 Å². The Morgan fingerprint density at radius 2 is 2.05 bits per heavy atom. The molecule has 0 unspecified atom stereocenters. The second-order valence-electron chi connectivity index (χ2n) is 4.42. The van der Waals surface area contributed by atoms with Gasteiger partial charge in [0.15, 0.2) is 5.78 Å². The summed E-state index contributed by atoms with van der Waals surface area (Å²) in [5.41, 5.74) is 2.27. The maximum atomic E-state index is 12.2. The van der Waals surface area contributed by atoms with Crippen LogP contribution in [0.15, 0.2) is 34.8 Å². The van der Waals surface area contributed by atoms with Crippen molar-refractivity contribution in [2.75, 3.05) is 0 Å². The van der Waals surface area contributed by atoms with E-state index < -0.39 is 6.16 Å². The van der Waals surface area contributed by atoms with Crippen molar-refractivity contribution in [1.29, 1.82) is 0 Å². The largest absolute Gasteiger partial charge is 0.513 e. The first-order valence-electron chi connectivity index (χ1n) is 6.09. The third kappa shape index (κ3) is 2.56. The maximum absolute atomic E-state index is 12.2. The number of rotatable bonds is 4. The fourth-order valence-corrected chi connectivity index (χ4v) is 1.90. The van der Waals surface area contributed by atoms with E-state index in [0.29, 0.717) is 28.5 Å². The van der Waals surface area contributed by atoms with Gasteiger partial charge in [0, 0.05) is 17.0 Å². The molecule has 5 nitrogen and oxygen atoms in total. The SMILES string of the molecule is C=C(CC)C(=O)c1cc2cc(OC(=O)O)oc2cc1C. The van der Waals surface area contributed by atoms with E-state index in [-0.39, 0.29) is 11.7 Å². The Balaban J connectivity index is 2.48. The van der Waals surface area contributed by atoms with E-state index in [1.54, 1.807) is 19.1 Å². The van der Waals surface area contributed by atoms with Crippen LogP contribution >= 0.6 is 0 Å². The monoisotopic (exact) mass is 274 g/mol. The Bertz CT molecular complexity index is 708. The summed E-state index contributed by atoms with van der Waals surface area (Å²) in [6, 6.07) is 4.78. The van der Waals surface area contributed by atoms with Gasteiger partial charge in [-0.1, -0.05) is 13.5 Å². The predicted molar refractivity (Wildman–Crippen MR) is 73.4 cm³/mol. The summed E-state index contributed by atoms with van der Waals surface area (Å²) in [5.74, 6) is -0.236. The van der Waals surface area contributed by atoms with Gasteiger partial charge >= 0.3 is 6.16 Å². The smallest absolute Gasteiger partial charge is 0.449 e. The van der Waals surface area contributed by atoms with Gasteiger partial charge in [-0.3, -0.25) is 4.79 Å². The zero-order valence-electron chi connectivity index (χ0n) is 11.2. The van der Waals surface area contributed by atoms with Gasteiger partial charge in [0.25, 0.3) is 5.95 Å². The van der Waals surface area contributed by atoms with Crippen molar-refractivity contribution in [1.82, 2.24) is 0 Å². The molecular weight excluding hydrogens is 260 g/mol. The van der Waals surface area contributed by atoms with Crippen molar-refractivity contribution in [3.05, 3.63) is 41.5 Å². The molecule has 0 fully saturated rings. The van der Waals surface area contributed by atoms with Crippen LogP contribution in [0.1, 0.15) is 29.3 Å². The van der Waals surface area contributed by atoms with E-state index in [1.165, 1.54) is 6.07 Å². The summed E-state index contributed by atoms with van der Waals surface area (Å²) in [7, 11) is 0. The summed E-state index contributed by atoms with van der Waals surface area (Å²) in [4.78, 5) is 22.6. The van der Waals surface area contributed by atoms with Crippen molar-refractivity contribution >= 4 is 22.9 Å². The number of Topliss-reactive ketones (excluding diaryl/α,β-unsaturated/α-hetero) is 1. The van der Waals surface area contributed by atoms with Crippen LogP contribution in [-0.2, 0) is 0 Å². The summed E-state index contributed by atoms with van der Waals surface area (Å²) < 4.78 is 9.70. The molecule has 0 bridgehead atoms. The van der Waals surface area contributed by atoms with E-state index in [9.17, 15) is 9.59 Å². The molecule has 5 heteroatoms. The Hall–Kier alpha value is -2.56. The second-order valence-corrected chi connectivity index (χ2v) is 4.42. The third-order valence-electron chi connectivity index (χ3n) is 3.02. The highest BCUT2D eigenvalue weighted by atomic mass is 16.7. The minimum absolute atomic E-state index is 0.117. The summed E-state index contributed by atoms with van der Waals surface area (Å²) in [6.07, 6.45) is -0.869. The van der Waals surface area contributed by atoms with E-state index in [0.717, 1.165) is 5.56 Å². The molecule has 1 aromatic heterocycles. The average Bonchev–Trinajstić information content (AvgIpc) is 2.76. The zero-order valence-corrected chi connectivity index (χ0v) is 11.2. The van der Waals surface area contributed by atoms with E-state index in [4.69, 9.17) is 9.52 Å².